The number of benzene rings is 17. The summed E-state index contributed by atoms with van der Waals surface area (Å²) in [5.41, 5.74) is 23.3. The molecule has 0 saturated heterocycles. The Labute approximate surface area is 586 Å². The van der Waals surface area contributed by atoms with Gasteiger partial charge in [-0.1, -0.05) is 237 Å². The van der Waals surface area contributed by atoms with Crippen LogP contribution in [0.4, 0.5) is 34.1 Å². The fourth-order valence-electron chi connectivity index (χ4n) is 16.6. The largest absolute Gasteiger partial charge is 0.456 e. The van der Waals surface area contributed by atoms with Crippen LogP contribution in [0, 0.1) is 0 Å². The quantitative estimate of drug-likeness (QED) is 0.121. The summed E-state index contributed by atoms with van der Waals surface area (Å²) in [6.07, 6.45) is 0. The van der Waals surface area contributed by atoms with Crippen LogP contribution in [-0.2, 0) is 0 Å². The van der Waals surface area contributed by atoms with Crippen molar-refractivity contribution in [3.8, 4) is 44.8 Å². The van der Waals surface area contributed by atoms with E-state index in [2.05, 4.69) is 371 Å². The number of nitrogens with zero attached hydrogens (tertiary/aromatic N) is 4. The molecule has 0 aliphatic rings. The highest BCUT2D eigenvalue weighted by Gasteiger charge is 2.25. The molecule has 0 amide bonds. The predicted octanol–water partition coefficient (Wildman–Crippen LogP) is 27.1. The van der Waals surface area contributed by atoms with E-state index in [1.807, 2.05) is 12.1 Å². The van der Waals surface area contributed by atoms with E-state index in [1.165, 1.54) is 64.9 Å². The number of anilines is 6. The van der Waals surface area contributed by atoms with Crippen LogP contribution < -0.4 is 9.80 Å². The molecule has 0 N–H and O–H groups in total. The zero-order valence-corrected chi connectivity index (χ0v) is 55.2. The standard InChI is InChI=1S/C96H60N4O2/c1-4-24-72-61(20-1)22-15-39-84(72)97(67-52-56-69(57-53-67)99-85-36-11-7-27-77(85)78-28-8-12-37-86(78)99)65-48-44-63(45-49-65)74-32-19-43-92-95(74)83-35-16-34-80(96(83)102-92)79-33-17-40-88-93(79)81-29-9-13-38-87(81)100(88)70-58-54-68(55-59-70)98(89-60-64-21-2-3-23-71(64)75-25-5-6-26-76(75)89)66-50-46-62(47-51-66)73-31-18-42-91-94(73)82-30-10-14-41-90(82)101-91/h1-60H. The number of hydrogen-bond donors (Lipinski definition) is 0. The molecule has 0 unspecified atom stereocenters. The monoisotopic (exact) mass is 1300 g/mol. The van der Waals surface area contributed by atoms with Crippen LogP contribution in [0.5, 0.6) is 0 Å². The molecule has 0 radical (unpaired) electrons. The lowest BCUT2D eigenvalue weighted by molar-refractivity contribution is 0.669. The van der Waals surface area contributed by atoms with Crippen molar-refractivity contribution in [3.05, 3.63) is 364 Å². The lowest BCUT2D eigenvalue weighted by Crippen LogP contribution is -2.11. The predicted molar refractivity (Wildman–Crippen MR) is 428 cm³/mol. The van der Waals surface area contributed by atoms with Gasteiger partial charge in [-0.05, 0) is 177 Å². The SMILES string of the molecule is c1ccc2c(N(c3ccc(-c4cccc5oc6c(-c7cccc8c7c7ccccc7n8-c7ccc(N(c8ccc(-c9cccc%10oc%11ccccc%11c9%10)cc8)c8cc9ccccc9c9ccccc89)cc7)cccc6c45)cc3)c3ccc(-n4c5ccccc5c5ccccc54)cc3)cccc2c1. The molecular weight excluding hydrogens is 1240 g/mol. The maximum Gasteiger partial charge on any atom is 0.143 e. The number of hydrogen-bond acceptors (Lipinski definition) is 4. The Morgan fingerprint density at radius 2 is 0.618 bits per heavy atom. The van der Waals surface area contributed by atoms with Crippen molar-refractivity contribution in [2.45, 2.75) is 0 Å². The Balaban J connectivity index is 0.654. The Morgan fingerprint density at radius 1 is 0.216 bits per heavy atom. The Bertz CT molecular complexity index is 6880. The van der Waals surface area contributed by atoms with Gasteiger partial charge in [0, 0.05) is 93.6 Å². The van der Waals surface area contributed by atoms with E-state index in [-0.39, 0.29) is 0 Å². The molecule has 21 rings (SSSR count). The minimum atomic E-state index is 0.844. The summed E-state index contributed by atoms with van der Waals surface area (Å²) in [6, 6.07) is 132. The van der Waals surface area contributed by atoms with Gasteiger partial charge in [-0.15, -0.1) is 0 Å². The topological polar surface area (TPSA) is 42.6 Å². The summed E-state index contributed by atoms with van der Waals surface area (Å²) in [6.45, 7) is 0. The van der Waals surface area contributed by atoms with Gasteiger partial charge in [-0.25, -0.2) is 0 Å². The molecule has 4 aromatic heterocycles. The van der Waals surface area contributed by atoms with E-state index < -0.39 is 0 Å². The molecule has 17 aromatic carbocycles. The van der Waals surface area contributed by atoms with Crippen molar-refractivity contribution < 1.29 is 8.83 Å². The number of furan rings is 2. The van der Waals surface area contributed by atoms with Gasteiger partial charge in [0.25, 0.3) is 0 Å². The lowest BCUT2D eigenvalue weighted by atomic mass is 9.95. The maximum absolute atomic E-state index is 7.15. The van der Waals surface area contributed by atoms with Crippen LogP contribution in [0.1, 0.15) is 0 Å². The van der Waals surface area contributed by atoms with Crippen molar-refractivity contribution in [3.63, 3.8) is 0 Å². The molecule has 0 atom stereocenters. The fraction of sp³-hybridized carbons (Fsp3) is 0. The van der Waals surface area contributed by atoms with Gasteiger partial charge in [-0.3, -0.25) is 0 Å². The second-order valence-electron chi connectivity index (χ2n) is 26.6. The number of aromatic nitrogens is 2. The average molecular weight is 1300 g/mol. The summed E-state index contributed by atoms with van der Waals surface area (Å²) in [5.74, 6) is 0. The molecule has 476 valence electrons. The fourth-order valence-corrected chi connectivity index (χ4v) is 16.6. The van der Waals surface area contributed by atoms with Gasteiger partial charge < -0.3 is 27.8 Å². The van der Waals surface area contributed by atoms with Gasteiger partial charge in [0.2, 0.25) is 0 Å². The van der Waals surface area contributed by atoms with E-state index in [9.17, 15) is 0 Å². The highest BCUT2D eigenvalue weighted by atomic mass is 16.3. The average Bonchev–Trinajstić information content (AvgIpc) is 1.61. The van der Waals surface area contributed by atoms with Crippen molar-refractivity contribution >= 4 is 154 Å². The lowest BCUT2D eigenvalue weighted by Gasteiger charge is -2.28. The summed E-state index contributed by atoms with van der Waals surface area (Å²) in [4.78, 5) is 4.81. The molecule has 0 aliphatic heterocycles. The third-order valence-electron chi connectivity index (χ3n) is 21.1. The van der Waals surface area contributed by atoms with E-state index in [4.69, 9.17) is 8.83 Å². The van der Waals surface area contributed by atoms with E-state index in [0.717, 1.165) is 134 Å². The molecule has 21 aromatic rings. The Morgan fingerprint density at radius 3 is 1.26 bits per heavy atom. The highest BCUT2D eigenvalue weighted by molar-refractivity contribution is 6.22. The minimum Gasteiger partial charge on any atom is -0.456 e. The van der Waals surface area contributed by atoms with Crippen LogP contribution in [-0.4, -0.2) is 9.13 Å². The van der Waals surface area contributed by atoms with Crippen LogP contribution in [0.2, 0.25) is 0 Å². The normalized spacial score (nSPS) is 11.9. The van der Waals surface area contributed by atoms with Gasteiger partial charge in [0.1, 0.15) is 22.3 Å². The highest BCUT2D eigenvalue weighted by Crippen LogP contribution is 2.49. The second kappa shape index (κ2) is 23.0. The second-order valence-corrected chi connectivity index (χ2v) is 26.6. The number of fused-ring (bicyclic) bond motifs is 16. The number of para-hydroxylation sites is 5. The van der Waals surface area contributed by atoms with Crippen molar-refractivity contribution in [2.24, 2.45) is 0 Å². The summed E-state index contributed by atoms with van der Waals surface area (Å²) >= 11 is 0. The number of rotatable bonds is 11. The van der Waals surface area contributed by atoms with E-state index >= 15 is 0 Å². The van der Waals surface area contributed by atoms with Gasteiger partial charge in [-0.2, -0.15) is 0 Å². The zero-order chi connectivity index (χ0) is 66.9. The molecule has 6 nitrogen and oxygen atoms in total. The van der Waals surface area contributed by atoms with Crippen molar-refractivity contribution in [1.82, 2.24) is 9.13 Å². The summed E-state index contributed by atoms with van der Waals surface area (Å²) < 4.78 is 18.3. The van der Waals surface area contributed by atoms with Crippen LogP contribution in [0.3, 0.4) is 0 Å². The van der Waals surface area contributed by atoms with Crippen molar-refractivity contribution in [1.29, 1.82) is 0 Å². The molecule has 0 spiro atoms. The summed E-state index contributed by atoms with van der Waals surface area (Å²) in [7, 11) is 0. The summed E-state index contributed by atoms with van der Waals surface area (Å²) in [5, 5.41) is 16.4. The van der Waals surface area contributed by atoms with Crippen molar-refractivity contribution in [2.75, 3.05) is 9.80 Å². The maximum atomic E-state index is 7.15. The molecule has 4 heterocycles. The first-order chi connectivity index (χ1) is 50.6. The first-order valence-corrected chi connectivity index (χ1v) is 34.9. The van der Waals surface area contributed by atoms with Crippen LogP contribution >= 0.6 is 0 Å². The smallest absolute Gasteiger partial charge is 0.143 e. The molecule has 6 heteroatoms. The van der Waals surface area contributed by atoms with E-state index in [1.54, 1.807) is 0 Å². The first-order valence-electron chi connectivity index (χ1n) is 34.9. The molecule has 102 heavy (non-hydrogen) atoms. The third-order valence-corrected chi connectivity index (χ3v) is 21.1. The minimum absolute atomic E-state index is 0.844. The van der Waals surface area contributed by atoms with Crippen LogP contribution in [0.15, 0.2) is 373 Å². The van der Waals surface area contributed by atoms with Gasteiger partial charge in [0.05, 0.1) is 33.4 Å². The van der Waals surface area contributed by atoms with E-state index in [0.29, 0.717) is 0 Å². The first kappa shape index (κ1) is 57.4. The zero-order valence-electron chi connectivity index (χ0n) is 55.2. The van der Waals surface area contributed by atoms with Gasteiger partial charge >= 0.3 is 0 Å². The van der Waals surface area contributed by atoms with Gasteiger partial charge in [0.15, 0.2) is 0 Å². The molecule has 0 saturated carbocycles. The molecule has 0 aliphatic carbocycles. The Kier molecular flexibility index (Phi) is 12.9. The Hall–Kier alpha value is -13.7. The molecule has 0 bridgehead atoms. The molecule has 0 fully saturated rings. The molecular formula is C96H60N4O2. The third kappa shape index (κ3) is 8.93. The van der Waals surface area contributed by atoms with Crippen LogP contribution in [0.25, 0.3) is 165 Å².